The molecule has 1 aromatic heterocycles. The van der Waals surface area contributed by atoms with Gasteiger partial charge < -0.3 is 4.74 Å². The molecule has 0 radical (unpaired) electrons. The number of hydrogen-bond donors (Lipinski definition) is 0. The Kier molecular flexibility index (Phi) is 4.74. The van der Waals surface area contributed by atoms with Crippen LogP contribution in [0.25, 0.3) is 0 Å². The molecule has 0 N–H and O–H groups in total. The summed E-state index contributed by atoms with van der Waals surface area (Å²) >= 11 is 5.92. The Balaban J connectivity index is 2.12. The van der Waals surface area contributed by atoms with Gasteiger partial charge in [0.05, 0.1) is 12.1 Å². The van der Waals surface area contributed by atoms with Gasteiger partial charge >= 0.3 is 0 Å². The van der Waals surface area contributed by atoms with E-state index in [1.54, 1.807) is 6.20 Å². The predicted octanol–water partition coefficient (Wildman–Crippen LogP) is 3.92. The van der Waals surface area contributed by atoms with E-state index in [0.29, 0.717) is 18.2 Å². The molecular weight excluding hydrogens is 260 g/mol. The Bertz CT molecular complexity index is 529. The summed E-state index contributed by atoms with van der Waals surface area (Å²) in [5, 5.41) is 0. The minimum atomic E-state index is 0.283. The number of halogens is 1. The van der Waals surface area contributed by atoms with Crippen LogP contribution in [-0.4, -0.2) is 9.97 Å². The van der Waals surface area contributed by atoms with Crippen LogP contribution in [0.4, 0.5) is 0 Å². The molecule has 0 aliphatic rings. The molecule has 0 bridgehead atoms. The molecule has 0 aliphatic heterocycles. The van der Waals surface area contributed by atoms with E-state index in [-0.39, 0.29) is 5.92 Å². The topological polar surface area (TPSA) is 35.0 Å². The average Bonchev–Trinajstić information content (AvgIpc) is 2.45. The molecule has 1 aromatic carbocycles. The second kappa shape index (κ2) is 6.53. The lowest BCUT2D eigenvalue weighted by molar-refractivity contribution is 0.300. The maximum Gasteiger partial charge on any atom is 0.160 e. The van der Waals surface area contributed by atoms with Gasteiger partial charge in [-0.3, -0.25) is 0 Å². The lowest BCUT2D eigenvalue weighted by Crippen LogP contribution is -2.04. The third-order valence-corrected chi connectivity index (χ3v) is 2.98. The maximum atomic E-state index is 5.92. The van der Waals surface area contributed by atoms with E-state index in [1.807, 2.05) is 30.3 Å². The van der Waals surface area contributed by atoms with Crippen LogP contribution in [0.3, 0.4) is 0 Å². The summed E-state index contributed by atoms with van der Waals surface area (Å²) in [5.74, 6) is 2.06. The lowest BCUT2D eigenvalue weighted by atomic mass is 10.2. The third kappa shape index (κ3) is 3.67. The van der Waals surface area contributed by atoms with Gasteiger partial charge in [-0.1, -0.05) is 44.2 Å². The molecule has 19 heavy (non-hydrogen) atoms. The molecular formula is C15H17ClN2O. The summed E-state index contributed by atoms with van der Waals surface area (Å²) in [6, 6.07) is 9.99. The SMILES string of the molecule is CC(C)c1ncc(OCc2ccccc2)c(CCl)n1. The highest BCUT2D eigenvalue weighted by Gasteiger charge is 2.10. The van der Waals surface area contributed by atoms with Gasteiger partial charge in [0.25, 0.3) is 0 Å². The molecule has 0 spiro atoms. The molecule has 0 aliphatic carbocycles. The Morgan fingerprint density at radius 3 is 2.58 bits per heavy atom. The summed E-state index contributed by atoms with van der Waals surface area (Å²) in [5.41, 5.74) is 1.85. The van der Waals surface area contributed by atoms with Crippen molar-refractivity contribution < 1.29 is 4.74 Å². The molecule has 100 valence electrons. The first-order valence-electron chi connectivity index (χ1n) is 6.29. The molecule has 0 amide bonds. The van der Waals surface area contributed by atoms with Crippen LogP contribution < -0.4 is 4.74 Å². The van der Waals surface area contributed by atoms with Crippen LogP contribution in [0.2, 0.25) is 0 Å². The first kappa shape index (κ1) is 13.8. The Morgan fingerprint density at radius 1 is 1.21 bits per heavy atom. The van der Waals surface area contributed by atoms with Crippen molar-refractivity contribution in [2.75, 3.05) is 0 Å². The fourth-order valence-electron chi connectivity index (χ4n) is 1.65. The van der Waals surface area contributed by atoms with Gasteiger partial charge in [-0.2, -0.15) is 0 Å². The number of ether oxygens (including phenoxy) is 1. The Hall–Kier alpha value is -1.61. The predicted molar refractivity (Wildman–Crippen MR) is 76.5 cm³/mol. The molecule has 0 atom stereocenters. The standard InChI is InChI=1S/C15H17ClN2O/c1-11(2)15-17-9-14(13(8-16)18-15)19-10-12-6-4-3-5-7-12/h3-7,9,11H,8,10H2,1-2H3. The first-order chi connectivity index (χ1) is 9.20. The third-order valence-electron chi connectivity index (χ3n) is 2.73. The zero-order valence-corrected chi connectivity index (χ0v) is 11.9. The van der Waals surface area contributed by atoms with E-state index in [4.69, 9.17) is 16.3 Å². The Labute approximate surface area is 118 Å². The zero-order chi connectivity index (χ0) is 13.7. The normalized spacial score (nSPS) is 10.7. The van der Waals surface area contributed by atoms with Crippen LogP contribution in [0.5, 0.6) is 5.75 Å². The summed E-state index contributed by atoms with van der Waals surface area (Å²) in [6.45, 7) is 4.60. The highest BCUT2D eigenvalue weighted by atomic mass is 35.5. The Morgan fingerprint density at radius 2 is 1.95 bits per heavy atom. The minimum absolute atomic E-state index is 0.283. The van der Waals surface area contributed by atoms with Crippen LogP contribution in [-0.2, 0) is 12.5 Å². The van der Waals surface area contributed by atoms with E-state index in [0.717, 1.165) is 17.1 Å². The highest BCUT2D eigenvalue weighted by molar-refractivity contribution is 6.17. The first-order valence-corrected chi connectivity index (χ1v) is 6.82. The van der Waals surface area contributed by atoms with Crippen molar-refractivity contribution in [2.24, 2.45) is 0 Å². The number of hydrogen-bond acceptors (Lipinski definition) is 3. The van der Waals surface area contributed by atoms with Crippen molar-refractivity contribution in [3.8, 4) is 5.75 Å². The van der Waals surface area contributed by atoms with E-state index in [1.165, 1.54) is 0 Å². The van der Waals surface area contributed by atoms with Crippen LogP contribution in [0, 0.1) is 0 Å². The largest absolute Gasteiger partial charge is 0.485 e. The van der Waals surface area contributed by atoms with Gasteiger partial charge in [-0.25, -0.2) is 9.97 Å². The highest BCUT2D eigenvalue weighted by Crippen LogP contribution is 2.21. The van der Waals surface area contributed by atoms with Gasteiger partial charge in [-0.05, 0) is 5.56 Å². The maximum absolute atomic E-state index is 5.92. The molecule has 0 fully saturated rings. The molecule has 0 saturated heterocycles. The summed E-state index contributed by atoms with van der Waals surface area (Å²) in [6.07, 6.45) is 1.71. The van der Waals surface area contributed by atoms with Gasteiger partial charge in [-0.15, -0.1) is 11.6 Å². The second-order valence-corrected chi connectivity index (χ2v) is 4.87. The summed E-state index contributed by atoms with van der Waals surface area (Å²) in [7, 11) is 0. The van der Waals surface area contributed by atoms with Crippen molar-refractivity contribution in [1.82, 2.24) is 9.97 Å². The van der Waals surface area contributed by atoms with E-state index >= 15 is 0 Å². The van der Waals surface area contributed by atoms with Gasteiger partial charge in [0.15, 0.2) is 5.75 Å². The van der Waals surface area contributed by atoms with Crippen molar-refractivity contribution in [3.05, 3.63) is 53.6 Å². The van der Waals surface area contributed by atoms with E-state index < -0.39 is 0 Å². The van der Waals surface area contributed by atoms with E-state index in [9.17, 15) is 0 Å². The van der Waals surface area contributed by atoms with Crippen LogP contribution >= 0.6 is 11.6 Å². The molecule has 1 heterocycles. The smallest absolute Gasteiger partial charge is 0.160 e. The number of rotatable bonds is 5. The fraction of sp³-hybridized carbons (Fsp3) is 0.333. The number of alkyl halides is 1. The average molecular weight is 277 g/mol. The molecule has 0 unspecified atom stereocenters. The zero-order valence-electron chi connectivity index (χ0n) is 11.1. The molecule has 0 saturated carbocycles. The van der Waals surface area contributed by atoms with Crippen molar-refractivity contribution in [2.45, 2.75) is 32.3 Å². The van der Waals surface area contributed by atoms with Crippen molar-refractivity contribution in [3.63, 3.8) is 0 Å². The monoisotopic (exact) mass is 276 g/mol. The second-order valence-electron chi connectivity index (χ2n) is 4.60. The number of benzene rings is 1. The molecule has 3 nitrogen and oxygen atoms in total. The lowest BCUT2D eigenvalue weighted by Gasteiger charge is -2.11. The van der Waals surface area contributed by atoms with Crippen molar-refractivity contribution in [1.29, 1.82) is 0 Å². The molecule has 4 heteroatoms. The van der Waals surface area contributed by atoms with Gasteiger partial charge in [0.2, 0.25) is 0 Å². The summed E-state index contributed by atoms with van der Waals surface area (Å²) in [4.78, 5) is 8.74. The van der Waals surface area contributed by atoms with Crippen molar-refractivity contribution >= 4 is 11.6 Å². The quantitative estimate of drug-likeness (QED) is 0.777. The molecule has 2 aromatic rings. The molecule has 2 rings (SSSR count). The summed E-state index contributed by atoms with van der Waals surface area (Å²) < 4.78 is 5.74. The fourth-order valence-corrected chi connectivity index (χ4v) is 1.84. The van der Waals surface area contributed by atoms with Crippen LogP contribution in [0.15, 0.2) is 36.5 Å². The van der Waals surface area contributed by atoms with E-state index in [2.05, 4.69) is 23.8 Å². The number of nitrogens with zero attached hydrogens (tertiary/aromatic N) is 2. The minimum Gasteiger partial charge on any atom is -0.485 e. The number of aromatic nitrogens is 2. The van der Waals surface area contributed by atoms with Gasteiger partial charge in [0, 0.05) is 5.92 Å². The van der Waals surface area contributed by atoms with Crippen LogP contribution in [0.1, 0.15) is 36.8 Å². The van der Waals surface area contributed by atoms with Gasteiger partial charge in [0.1, 0.15) is 18.1 Å².